The Labute approximate surface area is 79.1 Å². The summed E-state index contributed by atoms with van der Waals surface area (Å²) in [6.45, 7) is 0. The first-order valence-corrected chi connectivity index (χ1v) is 2.61. The normalized spacial score (nSPS) is 9.50. The molecule has 0 aromatic carbocycles. The first kappa shape index (κ1) is 10.4. The van der Waals surface area contributed by atoms with Crippen molar-refractivity contribution in [3.05, 3.63) is 0 Å². The fourth-order valence-corrected chi connectivity index (χ4v) is 0. The summed E-state index contributed by atoms with van der Waals surface area (Å²) in [5, 5.41) is 0. The average Bonchev–Trinajstić information content (AvgIpc) is 0.722. The molecule has 4 nitrogen and oxygen atoms in total. The van der Waals surface area contributed by atoms with E-state index in [-0.39, 0.29) is 51.7 Å². The number of hydrogen-bond acceptors (Lipinski definition) is 3. The molecule has 6 heavy (non-hydrogen) atoms. The molecule has 1 N–H and O–H groups in total. The summed E-state index contributed by atoms with van der Waals surface area (Å²) >= 11 is -5.38. The van der Waals surface area contributed by atoms with Crippen LogP contribution in [0.2, 0.25) is 0 Å². The van der Waals surface area contributed by atoms with Gasteiger partial charge in [-0.05, 0) is 0 Å². The molecule has 0 bridgehead atoms. The average molecular weight is 259 g/mol. The summed E-state index contributed by atoms with van der Waals surface area (Å²) < 4.78 is 33.1. The van der Waals surface area contributed by atoms with Gasteiger partial charge in [-0.3, -0.25) is 0 Å². The van der Waals surface area contributed by atoms with Crippen LogP contribution in [0.15, 0.2) is 0 Å². The molecule has 0 radical (unpaired) electrons. The molecule has 0 rings (SSSR count). The molecule has 0 aliphatic rings. The Kier molecular flexibility index (Phi) is 6.00. The van der Waals surface area contributed by atoms with Crippen molar-refractivity contribution in [1.82, 2.24) is 0 Å². The summed E-state index contributed by atoms with van der Waals surface area (Å²) in [6.07, 6.45) is 0. The Balaban J connectivity index is -0.0000000267. The molecule has 0 saturated carbocycles. The molecular formula is H3BaMnO4. The van der Waals surface area contributed by atoms with Gasteiger partial charge in [0.05, 0.1) is 0 Å². The topological polar surface area (TPSA) is 71.4 Å². The Morgan fingerprint density at radius 2 is 1.33 bits per heavy atom. The Bertz CT molecular complexity index is 135. The third-order valence-electron chi connectivity index (χ3n) is 0. The summed E-state index contributed by atoms with van der Waals surface area (Å²) in [7, 11) is 0. The van der Waals surface area contributed by atoms with Crippen molar-refractivity contribution in [3.63, 3.8) is 0 Å². The van der Waals surface area contributed by atoms with E-state index in [4.69, 9.17) is 15.7 Å². The van der Waals surface area contributed by atoms with Gasteiger partial charge in [0.25, 0.3) is 0 Å². The minimum atomic E-state index is -5.38. The maximum absolute atomic E-state index is 8.69. The molecule has 0 aliphatic heterocycles. The second-order valence-corrected chi connectivity index (χ2v) is 1.63. The van der Waals surface area contributed by atoms with Crippen molar-refractivity contribution >= 4 is 48.9 Å². The van der Waals surface area contributed by atoms with Crippen LogP contribution in [-0.2, 0) is 24.5 Å². The van der Waals surface area contributed by atoms with Gasteiger partial charge in [0.2, 0.25) is 0 Å². The summed E-state index contributed by atoms with van der Waals surface area (Å²) in [6, 6.07) is 0. The number of hydrogen-bond donors (Lipinski definition) is 1. The summed E-state index contributed by atoms with van der Waals surface area (Å²) in [5.41, 5.74) is 0. The molecular weight excluding hydrogens is 256 g/mol. The monoisotopic (exact) mass is 260 g/mol. The van der Waals surface area contributed by atoms with Crippen LogP contribution in [0.4, 0.5) is 0 Å². The maximum atomic E-state index is 8.69. The molecule has 6 heteroatoms. The van der Waals surface area contributed by atoms with Crippen molar-refractivity contribution in [3.8, 4) is 0 Å². The zero-order valence-electron chi connectivity index (χ0n) is 4.76. The molecule has 0 spiro atoms. The van der Waals surface area contributed by atoms with Gasteiger partial charge in [0.1, 0.15) is 0 Å². The van der Waals surface area contributed by atoms with Crippen molar-refractivity contribution < 1.29 is 31.5 Å². The molecule has 0 aliphatic carbocycles. The number of rotatable bonds is 0. The van der Waals surface area contributed by atoms with Crippen LogP contribution in [0.25, 0.3) is 0 Å². The Hall–Kier alpha value is 1.45. The second-order valence-electron chi connectivity index (χ2n) is 0.396. The fraction of sp³-hybridized carbons (Fsp3) is 0. The van der Waals surface area contributed by atoms with Gasteiger partial charge in [0, 0.05) is 0 Å². The van der Waals surface area contributed by atoms with Crippen LogP contribution in [0.5, 0.6) is 0 Å². The fourth-order valence-electron chi connectivity index (χ4n) is 0. The summed E-state index contributed by atoms with van der Waals surface area (Å²) in [5.74, 6) is 0. The van der Waals surface area contributed by atoms with Crippen LogP contribution in [0.1, 0.15) is 2.85 Å². The zero-order valence-corrected chi connectivity index (χ0v) is 8.38. The van der Waals surface area contributed by atoms with E-state index in [1.165, 1.54) is 0 Å². The second kappa shape index (κ2) is 3.45. The van der Waals surface area contributed by atoms with Crippen LogP contribution < -0.4 is 0 Å². The first-order chi connectivity index (χ1) is 2.00. The van der Waals surface area contributed by atoms with Crippen molar-refractivity contribution in [2.24, 2.45) is 0 Å². The van der Waals surface area contributed by atoms with Crippen LogP contribution in [0.3, 0.4) is 0 Å². The molecule has 36 valence electrons. The van der Waals surface area contributed by atoms with Crippen molar-refractivity contribution in [2.45, 2.75) is 0 Å². The molecule has 0 heterocycles. The SMILES string of the molecule is [Ba+2].[H-].[H-].[O]=[Mn](=[O])(=[O])[OH]. The van der Waals surface area contributed by atoms with Gasteiger partial charge in [-0.15, -0.1) is 0 Å². The van der Waals surface area contributed by atoms with Gasteiger partial charge in [0.15, 0.2) is 0 Å². The van der Waals surface area contributed by atoms with Crippen LogP contribution in [-0.4, -0.2) is 53.1 Å². The predicted molar refractivity (Wildman–Crippen MR) is 12.3 cm³/mol. The van der Waals surface area contributed by atoms with E-state index in [2.05, 4.69) is 0 Å². The van der Waals surface area contributed by atoms with E-state index >= 15 is 0 Å². The van der Waals surface area contributed by atoms with E-state index < -0.39 is 13.0 Å². The van der Waals surface area contributed by atoms with Gasteiger partial charge in [-0.1, -0.05) is 0 Å². The molecule has 0 aromatic heterocycles. The third kappa shape index (κ3) is 51.3. The molecule has 0 aromatic rings. The zero-order chi connectivity index (χ0) is 4.50. The van der Waals surface area contributed by atoms with E-state index in [9.17, 15) is 0 Å². The minimum absolute atomic E-state index is 0. The van der Waals surface area contributed by atoms with E-state index in [0.717, 1.165) is 0 Å². The van der Waals surface area contributed by atoms with Gasteiger partial charge < -0.3 is 2.85 Å². The van der Waals surface area contributed by atoms with Crippen LogP contribution in [0, 0.1) is 0 Å². The van der Waals surface area contributed by atoms with E-state index in [1.54, 1.807) is 0 Å². The van der Waals surface area contributed by atoms with E-state index in [0.29, 0.717) is 0 Å². The van der Waals surface area contributed by atoms with Crippen molar-refractivity contribution in [2.75, 3.05) is 0 Å². The molecule has 0 unspecified atom stereocenters. The molecule has 0 atom stereocenters. The third-order valence-corrected chi connectivity index (χ3v) is 0. The molecule has 0 amide bonds. The standard InChI is InChI=1S/Ba.Mn.H2O.3O.2H/h;;1H2;;;;;/q+2;+1;;;;;2*-1/p-1. The predicted octanol–water partition coefficient (Wildman–Crippen LogP) is -1.07. The Morgan fingerprint density at radius 1 is 1.33 bits per heavy atom. The quantitative estimate of drug-likeness (QED) is 0.562. The van der Waals surface area contributed by atoms with Crippen molar-refractivity contribution in [1.29, 1.82) is 0 Å². The summed E-state index contributed by atoms with van der Waals surface area (Å²) in [4.78, 5) is 0. The van der Waals surface area contributed by atoms with Gasteiger partial charge in [-0.25, -0.2) is 0 Å². The molecule has 0 fully saturated rings. The first-order valence-electron chi connectivity index (χ1n) is 0.632. The van der Waals surface area contributed by atoms with Gasteiger partial charge in [-0.2, -0.15) is 0 Å². The van der Waals surface area contributed by atoms with E-state index in [1.807, 2.05) is 0 Å². The van der Waals surface area contributed by atoms with Crippen LogP contribution >= 0.6 is 0 Å². The Morgan fingerprint density at radius 3 is 1.33 bits per heavy atom. The molecule has 0 saturated heterocycles. The van der Waals surface area contributed by atoms with Gasteiger partial charge >= 0.3 is 77.5 Å².